The average Bonchev–Trinajstić information content (AvgIpc) is 3.06. The van der Waals surface area contributed by atoms with Crippen molar-refractivity contribution in [1.29, 1.82) is 0 Å². The molecule has 1 saturated heterocycles. The fourth-order valence-electron chi connectivity index (χ4n) is 3.28. The maximum absolute atomic E-state index is 12.1. The zero-order chi connectivity index (χ0) is 21.5. The lowest BCUT2D eigenvalue weighted by Gasteiger charge is -2.17. The van der Waals surface area contributed by atoms with Crippen LogP contribution in [0.3, 0.4) is 0 Å². The van der Waals surface area contributed by atoms with Crippen molar-refractivity contribution < 1.29 is 19.2 Å². The predicted octanol–water partition coefficient (Wildman–Crippen LogP) is 2.96. The number of nitrogens with zero attached hydrogens (tertiary/aromatic N) is 3. The summed E-state index contributed by atoms with van der Waals surface area (Å²) in [4.78, 5) is 47.1. The minimum absolute atomic E-state index is 0.0301. The zero-order valence-corrected chi connectivity index (χ0v) is 18.2. The molecular formula is C22H27N3O4S. The molecule has 3 rings (SSSR count). The largest absolute Gasteiger partial charge is 0.337 e. The van der Waals surface area contributed by atoms with E-state index in [1.54, 1.807) is 0 Å². The third-order valence-corrected chi connectivity index (χ3v) is 6.08. The number of aromatic nitrogens is 1. The summed E-state index contributed by atoms with van der Waals surface area (Å²) in [5, 5.41) is 1.59. The van der Waals surface area contributed by atoms with Crippen LogP contribution in [0.4, 0.5) is 0 Å². The van der Waals surface area contributed by atoms with E-state index in [2.05, 4.69) is 29.8 Å². The Morgan fingerprint density at radius 3 is 2.57 bits per heavy atom. The van der Waals surface area contributed by atoms with Crippen LogP contribution in [0, 0.1) is 0 Å². The second-order valence-electron chi connectivity index (χ2n) is 7.17. The van der Waals surface area contributed by atoms with E-state index in [1.807, 2.05) is 36.2 Å². The number of rotatable bonds is 10. The molecule has 160 valence electrons. The molecule has 0 radical (unpaired) electrons. The predicted molar refractivity (Wildman–Crippen MR) is 117 cm³/mol. The van der Waals surface area contributed by atoms with Crippen molar-refractivity contribution in [3.63, 3.8) is 0 Å². The first-order chi connectivity index (χ1) is 14.5. The topological polar surface area (TPSA) is 79.8 Å². The van der Waals surface area contributed by atoms with E-state index in [-0.39, 0.29) is 19.3 Å². The first-order valence-electron chi connectivity index (χ1n) is 10.2. The van der Waals surface area contributed by atoms with E-state index >= 15 is 0 Å². The first-order valence-corrected chi connectivity index (χ1v) is 11.4. The Kier molecular flexibility index (Phi) is 7.81. The SMILES string of the molecule is CCN(CC)CCSCc1cnc2cc(CC(=O)ON3C(=O)CCC3=O)ccc2c1. The molecule has 1 fully saturated rings. The van der Waals surface area contributed by atoms with Gasteiger partial charge in [0.15, 0.2) is 0 Å². The van der Waals surface area contributed by atoms with Crippen LogP contribution in [0.1, 0.15) is 37.8 Å². The Labute approximate surface area is 180 Å². The molecule has 0 bridgehead atoms. The molecule has 1 aliphatic rings. The van der Waals surface area contributed by atoms with Gasteiger partial charge in [0, 0.05) is 42.5 Å². The number of imide groups is 1. The number of thioether (sulfide) groups is 1. The van der Waals surface area contributed by atoms with E-state index in [9.17, 15) is 14.4 Å². The average molecular weight is 430 g/mol. The summed E-state index contributed by atoms with van der Waals surface area (Å²) in [6.07, 6.45) is 2.01. The smallest absolute Gasteiger partial charge is 0.330 e. The fraction of sp³-hybridized carbons (Fsp3) is 0.455. The standard InChI is InChI=1S/C22H27N3O4S/c1-3-24(4-2)9-10-30-15-17-11-18-6-5-16(12-19(18)23-14-17)13-22(28)29-25-20(26)7-8-21(25)27/h5-6,11-12,14H,3-4,7-10,13,15H2,1-2H3. The number of benzene rings is 1. The number of hydrogen-bond acceptors (Lipinski definition) is 7. The van der Waals surface area contributed by atoms with E-state index in [1.165, 1.54) is 5.56 Å². The highest BCUT2D eigenvalue weighted by atomic mass is 32.2. The molecule has 1 aliphatic heterocycles. The number of pyridine rings is 1. The Bertz CT molecular complexity index is 914. The van der Waals surface area contributed by atoms with Crippen molar-refractivity contribution in [2.75, 3.05) is 25.4 Å². The minimum atomic E-state index is -0.640. The molecule has 2 amide bonds. The zero-order valence-electron chi connectivity index (χ0n) is 17.4. The molecule has 1 aromatic heterocycles. The summed E-state index contributed by atoms with van der Waals surface area (Å²) in [5.74, 6) is 0.408. The molecule has 30 heavy (non-hydrogen) atoms. The monoisotopic (exact) mass is 429 g/mol. The van der Waals surface area contributed by atoms with Gasteiger partial charge in [-0.15, -0.1) is 5.06 Å². The number of fused-ring (bicyclic) bond motifs is 1. The van der Waals surface area contributed by atoms with Crippen molar-refractivity contribution in [2.45, 2.75) is 38.9 Å². The lowest BCUT2D eigenvalue weighted by atomic mass is 10.1. The summed E-state index contributed by atoms with van der Waals surface area (Å²) in [6, 6.07) is 7.73. The van der Waals surface area contributed by atoms with Gasteiger partial charge in [-0.05, 0) is 36.3 Å². The van der Waals surface area contributed by atoms with Crippen molar-refractivity contribution >= 4 is 40.4 Å². The Hall–Kier alpha value is -2.45. The van der Waals surface area contributed by atoms with Crippen molar-refractivity contribution in [2.24, 2.45) is 0 Å². The minimum Gasteiger partial charge on any atom is -0.330 e. The number of hydrogen-bond donors (Lipinski definition) is 0. The summed E-state index contributed by atoms with van der Waals surface area (Å²) in [5.41, 5.74) is 2.69. The van der Waals surface area contributed by atoms with Crippen LogP contribution < -0.4 is 0 Å². The van der Waals surface area contributed by atoms with Crippen LogP contribution >= 0.6 is 11.8 Å². The van der Waals surface area contributed by atoms with Gasteiger partial charge in [-0.25, -0.2) is 4.79 Å². The second-order valence-corrected chi connectivity index (χ2v) is 8.28. The Morgan fingerprint density at radius 2 is 1.87 bits per heavy atom. The number of amides is 2. The van der Waals surface area contributed by atoms with Gasteiger partial charge in [0.1, 0.15) is 0 Å². The van der Waals surface area contributed by atoms with Gasteiger partial charge in [0.05, 0.1) is 11.9 Å². The highest BCUT2D eigenvalue weighted by Crippen LogP contribution is 2.20. The summed E-state index contributed by atoms with van der Waals surface area (Å²) >= 11 is 1.90. The Morgan fingerprint density at radius 1 is 1.13 bits per heavy atom. The molecule has 2 aromatic rings. The summed E-state index contributed by atoms with van der Waals surface area (Å²) in [6.45, 7) is 7.61. The molecule has 0 atom stereocenters. The highest BCUT2D eigenvalue weighted by Gasteiger charge is 2.32. The van der Waals surface area contributed by atoms with Crippen LogP contribution in [0.2, 0.25) is 0 Å². The molecule has 0 saturated carbocycles. The maximum atomic E-state index is 12.1. The lowest BCUT2D eigenvalue weighted by molar-refractivity contribution is -0.197. The van der Waals surface area contributed by atoms with Gasteiger partial charge < -0.3 is 9.74 Å². The van der Waals surface area contributed by atoms with Gasteiger partial charge in [-0.2, -0.15) is 11.8 Å². The van der Waals surface area contributed by atoms with Gasteiger partial charge in [-0.1, -0.05) is 26.0 Å². The van der Waals surface area contributed by atoms with Crippen LogP contribution in [-0.2, 0) is 31.4 Å². The quantitative estimate of drug-likeness (QED) is 0.424. The number of hydroxylamine groups is 2. The maximum Gasteiger partial charge on any atom is 0.337 e. The van der Waals surface area contributed by atoms with Gasteiger partial charge in [0.25, 0.3) is 11.8 Å². The first kappa shape index (κ1) is 22.2. The molecule has 0 aliphatic carbocycles. The summed E-state index contributed by atoms with van der Waals surface area (Å²) in [7, 11) is 0. The van der Waals surface area contributed by atoms with Crippen LogP contribution in [-0.4, -0.2) is 58.1 Å². The third kappa shape index (κ3) is 5.79. The van der Waals surface area contributed by atoms with Gasteiger partial charge >= 0.3 is 5.97 Å². The third-order valence-electron chi connectivity index (χ3n) is 5.07. The van der Waals surface area contributed by atoms with E-state index in [4.69, 9.17) is 4.84 Å². The molecule has 2 heterocycles. The highest BCUT2D eigenvalue weighted by molar-refractivity contribution is 7.98. The van der Waals surface area contributed by atoms with Gasteiger partial charge in [-0.3, -0.25) is 14.6 Å². The Balaban J connectivity index is 1.55. The molecule has 8 heteroatoms. The molecule has 1 aromatic carbocycles. The normalized spacial score (nSPS) is 14.2. The fourth-order valence-corrected chi connectivity index (χ4v) is 4.21. The van der Waals surface area contributed by atoms with Crippen molar-refractivity contribution in [3.8, 4) is 0 Å². The van der Waals surface area contributed by atoms with Crippen molar-refractivity contribution in [1.82, 2.24) is 14.9 Å². The number of carbonyl (C=O) groups is 3. The second kappa shape index (κ2) is 10.5. The van der Waals surface area contributed by atoms with Crippen LogP contribution in [0.15, 0.2) is 30.5 Å². The molecule has 0 unspecified atom stereocenters. The van der Waals surface area contributed by atoms with Crippen LogP contribution in [0.5, 0.6) is 0 Å². The molecule has 0 spiro atoms. The molecule has 7 nitrogen and oxygen atoms in total. The van der Waals surface area contributed by atoms with E-state index in [0.717, 1.165) is 47.6 Å². The number of carbonyl (C=O) groups excluding carboxylic acids is 3. The lowest BCUT2D eigenvalue weighted by Crippen LogP contribution is -2.32. The molecule has 0 N–H and O–H groups in total. The summed E-state index contributed by atoms with van der Waals surface area (Å²) < 4.78 is 0. The molecular weight excluding hydrogens is 402 g/mol. The van der Waals surface area contributed by atoms with Crippen molar-refractivity contribution in [3.05, 3.63) is 41.6 Å². The van der Waals surface area contributed by atoms with E-state index < -0.39 is 17.8 Å². The van der Waals surface area contributed by atoms with Gasteiger partial charge in [0.2, 0.25) is 0 Å². The van der Waals surface area contributed by atoms with Crippen LogP contribution in [0.25, 0.3) is 10.9 Å². The van der Waals surface area contributed by atoms with E-state index in [0.29, 0.717) is 5.06 Å².